The minimum atomic E-state index is -3.03. The third-order valence-electron chi connectivity index (χ3n) is 2.36. The number of rotatable bonds is 6. The molecular formula is C10H17N3O3S. The highest BCUT2D eigenvalue weighted by molar-refractivity contribution is 7.91. The van der Waals surface area contributed by atoms with E-state index in [4.69, 9.17) is 0 Å². The Morgan fingerprint density at radius 3 is 2.71 bits per heavy atom. The van der Waals surface area contributed by atoms with E-state index in [1.165, 1.54) is 6.20 Å². The van der Waals surface area contributed by atoms with Gasteiger partial charge in [0, 0.05) is 25.0 Å². The van der Waals surface area contributed by atoms with Crippen LogP contribution in [0, 0.1) is 0 Å². The average molecular weight is 259 g/mol. The molecule has 0 saturated carbocycles. The van der Waals surface area contributed by atoms with Gasteiger partial charge in [0.05, 0.1) is 17.5 Å². The predicted octanol–water partition coefficient (Wildman–Crippen LogP) is 0.0675. The van der Waals surface area contributed by atoms with E-state index >= 15 is 0 Å². The Hall–Kier alpha value is -1.37. The van der Waals surface area contributed by atoms with Crippen molar-refractivity contribution in [2.24, 2.45) is 0 Å². The lowest BCUT2D eigenvalue weighted by Crippen LogP contribution is -2.29. The first-order valence-electron chi connectivity index (χ1n) is 5.49. The van der Waals surface area contributed by atoms with Crippen molar-refractivity contribution in [3.05, 3.63) is 18.0 Å². The first-order valence-corrected chi connectivity index (χ1v) is 7.31. The van der Waals surface area contributed by atoms with Crippen LogP contribution in [0.15, 0.2) is 12.4 Å². The fourth-order valence-electron chi connectivity index (χ4n) is 1.22. The summed E-state index contributed by atoms with van der Waals surface area (Å²) in [5.41, 5.74) is 0.445. The molecule has 0 fully saturated rings. The second-order valence-corrected chi connectivity index (χ2v) is 6.05. The van der Waals surface area contributed by atoms with Crippen LogP contribution in [-0.2, 0) is 16.4 Å². The van der Waals surface area contributed by atoms with Gasteiger partial charge in [-0.15, -0.1) is 0 Å². The molecule has 1 amide bonds. The molecule has 96 valence electrons. The van der Waals surface area contributed by atoms with Crippen LogP contribution in [0.2, 0.25) is 0 Å². The summed E-state index contributed by atoms with van der Waals surface area (Å²) in [5.74, 6) is -0.232. The van der Waals surface area contributed by atoms with E-state index in [9.17, 15) is 13.2 Å². The van der Waals surface area contributed by atoms with Gasteiger partial charge in [-0.1, -0.05) is 6.92 Å². The summed E-state index contributed by atoms with van der Waals surface area (Å²) in [5, 5.41) is 6.52. The zero-order valence-corrected chi connectivity index (χ0v) is 10.8. The standard InChI is InChI=1S/C10H17N3O3S/c1-3-13-8-9(7-12-13)10(14)11-5-6-17(15,16)4-2/h7-8H,3-6H2,1-2H3,(H,11,14). The third kappa shape index (κ3) is 4.18. The van der Waals surface area contributed by atoms with Crippen LogP contribution in [0.1, 0.15) is 24.2 Å². The Bertz CT molecular complexity index is 479. The van der Waals surface area contributed by atoms with Gasteiger partial charge < -0.3 is 5.32 Å². The van der Waals surface area contributed by atoms with Crippen LogP contribution >= 0.6 is 0 Å². The molecule has 1 heterocycles. The number of amides is 1. The van der Waals surface area contributed by atoms with Gasteiger partial charge in [-0.05, 0) is 6.92 Å². The van der Waals surface area contributed by atoms with Crippen LogP contribution in [-0.4, -0.2) is 42.2 Å². The van der Waals surface area contributed by atoms with Gasteiger partial charge in [-0.2, -0.15) is 5.10 Å². The van der Waals surface area contributed by atoms with Gasteiger partial charge in [0.1, 0.15) is 0 Å². The van der Waals surface area contributed by atoms with E-state index in [-0.39, 0.29) is 24.0 Å². The van der Waals surface area contributed by atoms with Crippen molar-refractivity contribution in [3.8, 4) is 0 Å². The van der Waals surface area contributed by atoms with Crippen LogP contribution in [0.5, 0.6) is 0 Å². The smallest absolute Gasteiger partial charge is 0.254 e. The number of carbonyl (C=O) groups excluding carboxylic acids is 1. The van der Waals surface area contributed by atoms with E-state index in [1.807, 2.05) is 6.92 Å². The lowest BCUT2D eigenvalue weighted by atomic mass is 10.3. The lowest BCUT2D eigenvalue weighted by Gasteiger charge is -2.03. The van der Waals surface area contributed by atoms with Crippen molar-refractivity contribution in [1.29, 1.82) is 0 Å². The second-order valence-electron chi connectivity index (χ2n) is 3.58. The molecule has 17 heavy (non-hydrogen) atoms. The molecule has 1 aromatic heterocycles. The Morgan fingerprint density at radius 2 is 2.18 bits per heavy atom. The number of nitrogens with zero attached hydrogens (tertiary/aromatic N) is 2. The molecule has 0 saturated heterocycles. The number of sulfone groups is 1. The largest absolute Gasteiger partial charge is 0.351 e. The average Bonchev–Trinajstić information content (AvgIpc) is 2.77. The molecule has 7 heteroatoms. The number of aryl methyl sites for hydroxylation is 1. The lowest BCUT2D eigenvalue weighted by molar-refractivity contribution is 0.0956. The number of nitrogens with one attached hydrogen (secondary N) is 1. The fourth-order valence-corrected chi connectivity index (χ4v) is 1.92. The molecule has 0 atom stereocenters. The summed E-state index contributed by atoms with van der Waals surface area (Å²) in [4.78, 5) is 11.6. The number of hydrogen-bond donors (Lipinski definition) is 1. The summed E-state index contributed by atoms with van der Waals surface area (Å²) in [6.45, 7) is 4.33. The van der Waals surface area contributed by atoms with Crippen molar-refractivity contribution in [3.63, 3.8) is 0 Å². The molecule has 0 aromatic carbocycles. The predicted molar refractivity (Wildman–Crippen MR) is 64.6 cm³/mol. The molecule has 0 bridgehead atoms. The maximum absolute atomic E-state index is 11.6. The van der Waals surface area contributed by atoms with Crippen LogP contribution in [0.25, 0.3) is 0 Å². The second kappa shape index (κ2) is 5.81. The van der Waals surface area contributed by atoms with Crippen molar-refractivity contribution < 1.29 is 13.2 Å². The molecule has 1 N–H and O–H groups in total. The first kappa shape index (κ1) is 13.7. The molecule has 0 radical (unpaired) electrons. The molecule has 0 aliphatic rings. The Labute approximate surface area is 101 Å². The van der Waals surface area contributed by atoms with Gasteiger partial charge in [-0.25, -0.2) is 8.42 Å². The normalized spacial score (nSPS) is 11.4. The van der Waals surface area contributed by atoms with E-state index in [2.05, 4.69) is 10.4 Å². The SMILES string of the molecule is CCn1cc(C(=O)NCCS(=O)(=O)CC)cn1. The maximum atomic E-state index is 11.6. The van der Waals surface area contributed by atoms with Crippen molar-refractivity contribution >= 4 is 15.7 Å². The summed E-state index contributed by atoms with van der Waals surface area (Å²) in [7, 11) is -3.03. The number of hydrogen-bond acceptors (Lipinski definition) is 4. The summed E-state index contributed by atoms with van der Waals surface area (Å²) >= 11 is 0. The number of aromatic nitrogens is 2. The zero-order valence-electron chi connectivity index (χ0n) is 10.0. The molecule has 0 aliphatic carbocycles. The van der Waals surface area contributed by atoms with Crippen LogP contribution < -0.4 is 5.32 Å². The zero-order chi connectivity index (χ0) is 12.9. The fraction of sp³-hybridized carbons (Fsp3) is 0.600. The number of carbonyl (C=O) groups is 1. The van der Waals surface area contributed by atoms with E-state index < -0.39 is 9.84 Å². The molecular weight excluding hydrogens is 242 g/mol. The Morgan fingerprint density at radius 1 is 1.47 bits per heavy atom. The topological polar surface area (TPSA) is 81.1 Å². The summed E-state index contributed by atoms with van der Waals surface area (Å²) < 4.78 is 24.0. The quantitative estimate of drug-likeness (QED) is 0.783. The van der Waals surface area contributed by atoms with E-state index in [0.29, 0.717) is 12.1 Å². The molecule has 1 aromatic rings. The minimum Gasteiger partial charge on any atom is -0.351 e. The van der Waals surface area contributed by atoms with Gasteiger partial charge in [0.25, 0.3) is 5.91 Å². The maximum Gasteiger partial charge on any atom is 0.254 e. The van der Waals surface area contributed by atoms with E-state index in [0.717, 1.165) is 0 Å². The van der Waals surface area contributed by atoms with Gasteiger partial charge in [0.2, 0.25) is 0 Å². The van der Waals surface area contributed by atoms with Crippen molar-refractivity contribution in [2.75, 3.05) is 18.1 Å². The van der Waals surface area contributed by atoms with Crippen LogP contribution in [0.4, 0.5) is 0 Å². The highest BCUT2D eigenvalue weighted by atomic mass is 32.2. The molecule has 0 aliphatic heterocycles. The molecule has 0 unspecified atom stereocenters. The summed E-state index contributed by atoms with van der Waals surface area (Å²) in [6, 6.07) is 0. The summed E-state index contributed by atoms with van der Waals surface area (Å²) in [6.07, 6.45) is 3.09. The van der Waals surface area contributed by atoms with E-state index in [1.54, 1.807) is 17.8 Å². The Balaban J connectivity index is 2.45. The monoisotopic (exact) mass is 259 g/mol. The van der Waals surface area contributed by atoms with Gasteiger partial charge in [0.15, 0.2) is 9.84 Å². The molecule has 6 nitrogen and oxygen atoms in total. The molecule has 1 rings (SSSR count). The molecule has 0 spiro atoms. The Kier molecular flexibility index (Phi) is 4.68. The minimum absolute atomic E-state index is 0.0306. The highest BCUT2D eigenvalue weighted by Crippen LogP contribution is 1.97. The van der Waals surface area contributed by atoms with Crippen molar-refractivity contribution in [1.82, 2.24) is 15.1 Å². The highest BCUT2D eigenvalue weighted by Gasteiger charge is 2.10. The van der Waals surface area contributed by atoms with Gasteiger partial charge >= 0.3 is 0 Å². The van der Waals surface area contributed by atoms with Gasteiger partial charge in [-0.3, -0.25) is 9.48 Å². The third-order valence-corrected chi connectivity index (χ3v) is 4.06. The van der Waals surface area contributed by atoms with Crippen molar-refractivity contribution in [2.45, 2.75) is 20.4 Å². The van der Waals surface area contributed by atoms with Crippen LogP contribution in [0.3, 0.4) is 0 Å². The first-order chi connectivity index (χ1) is 7.98.